The van der Waals surface area contributed by atoms with Crippen molar-refractivity contribution in [2.45, 2.75) is 13.5 Å². The summed E-state index contributed by atoms with van der Waals surface area (Å²) >= 11 is 1.46. The molecule has 1 amide bonds. The molecule has 0 N–H and O–H groups in total. The van der Waals surface area contributed by atoms with Crippen molar-refractivity contribution < 1.29 is 9.53 Å². The van der Waals surface area contributed by atoms with Crippen molar-refractivity contribution in [3.8, 4) is 5.75 Å². The second-order valence-electron chi connectivity index (χ2n) is 8.44. The van der Waals surface area contributed by atoms with Crippen molar-refractivity contribution in [3.63, 3.8) is 0 Å². The van der Waals surface area contributed by atoms with Crippen LogP contribution in [0.15, 0.2) is 88.8 Å². The van der Waals surface area contributed by atoms with Gasteiger partial charge in [0.1, 0.15) is 12.4 Å². The van der Waals surface area contributed by atoms with E-state index in [4.69, 9.17) is 4.74 Å². The van der Waals surface area contributed by atoms with Gasteiger partial charge in [0.15, 0.2) is 5.17 Å². The Kier molecular flexibility index (Phi) is 6.67. The second kappa shape index (κ2) is 10.2. The van der Waals surface area contributed by atoms with Crippen LogP contribution in [0.25, 0.3) is 6.08 Å². The maximum atomic E-state index is 12.7. The van der Waals surface area contributed by atoms with Crippen molar-refractivity contribution in [3.05, 3.63) is 100 Å². The molecule has 2 aliphatic rings. The van der Waals surface area contributed by atoms with E-state index in [9.17, 15) is 4.79 Å². The summed E-state index contributed by atoms with van der Waals surface area (Å²) in [5, 5.41) is 0.794. The molecular weight excluding hydrogens is 442 g/mol. The summed E-state index contributed by atoms with van der Waals surface area (Å²) in [6, 6.07) is 26.5. The molecule has 0 saturated carbocycles. The minimum Gasteiger partial charge on any atom is -0.488 e. The first-order valence-corrected chi connectivity index (χ1v) is 12.3. The number of hydrogen-bond donors (Lipinski definition) is 0. The molecule has 5 nitrogen and oxygen atoms in total. The predicted molar refractivity (Wildman–Crippen MR) is 140 cm³/mol. The molecule has 6 heteroatoms. The van der Waals surface area contributed by atoms with Crippen LogP contribution in [0, 0.1) is 6.92 Å². The lowest BCUT2D eigenvalue weighted by Crippen LogP contribution is -2.47. The van der Waals surface area contributed by atoms with E-state index in [1.54, 1.807) is 0 Å². The van der Waals surface area contributed by atoms with Crippen molar-refractivity contribution >= 4 is 34.6 Å². The van der Waals surface area contributed by atoms with Crippen LogP contribution in [-0.4, -0.2) is 42.2 Å². The van der Waals surface area contributed by atoms with E-state index >= 15 is 0 Å². The number of aryl methyl sites for hydroxylation is 1. The minimum absolute atomic E-state index is 0.182. The first-order chi connectivity index (χ1) is 16.7. The predicted octanol–water partition coefficient (Wildman–Crippen LogP) is 5.37. The third kappa shape index (κ3) is 5.18. The van der Waals surface area contributed by atoms with Gasteiger partial charge >= 0.3 is 0 Å². The summed E-state index contributed by atoms with van der Waals surface area (Å²) < 4.78 is 6.06. The molecule has 0 unspecified atom stereocenters. The standard InChI is InChI=1S/C28H27N3O2S/c1-21-8-7-12-24(18-21)30-14-16-31(17-15-30)28-29-27(32)26(34-28)19-23-11-5-6-13-25(23)33-20-22-9-3-2-4-10-22/h2-13,18-19H,14-17,20H2,1H3. The van der Waals surface area contributed by atoms with E-state index in [-0.39, 0.29) is 5.91 Å². The number of aliphatic imine (C=N–C) groups is 1. The van der Waals surface area contributed by atoms with Gasteiger partial charge in [-0.15, -0.1) is 0 Å². The number of carbonyl (C=O) groups is 1. The smallest absolute Gasteiger partial charge is 0.286 e. The van der Waals surface area contributed by atoms with E-state index in [1.807, 2.05) is 60.7 Å². The first-order valence-electron chi connectivity index (χ1n) is 11.5. The molecule has 1 fully saturated rings. The molecule has 2 aliphatic heterocycles. The van der Waals surface area contributed by atoms with Crippen LogP contribution in [-0.2, 0) is 11.4 Å². The SMILES string of the molecule is Cc1cccc(N2CCN(C3=NC(=O)C(=Cc4ccccc4OCc4ccccc4)S3)CC2)c1. The number of thioether (sulfide) groups is 1. The molecule has 0 radical (unpaired) electrons. The third-order valence-corrected chi connectivity index (χ3v) is 7.01. The van der Waals surface area contributed by atoms with E-state index in [2.05, 4.69) is 46.0 Å². The summed E-state index contributed by atoms with van der Waals surface area (Å²) in [6.07, 6.45) is 1.90. The normalized spacial score (nSPS) is 17.3. The lowest BCUT2D eigenvalue weighted by molar-refractivity contribution is -0.113. The number of amides is 1. The van der Waals surface area contributed by atoms with E-state index in [0.29, 0.717) is 11.5 Å². The van der Waals surface area contributed by atoms with E-state index in [0.717, 1.165) is 48.2 Å². The molecule has 172 valence electrons. The number of piperazine rings is 1. The summed E-state index contributed by atoms with van der Waals surface area (Å²) in [5.74, 6) is 0.575. The Labute approximate surface area is 204 Å². The maximum Gasteiger partial charge on any atom is 0.286 e. The van der Waals surface area contributed by atoms with Gasteiger partial charge < -0.3 is 14.5 Å². The molecule has 5 rings (SSSR count). The van der Waals surface area contributed by atoms with Gasteiger partial charge in [0.25, 0.3) is 5.91 Å². The van der Waals surface area contributed by atoms with Gasteiger partial charge in [0, 0.05) is 37.4 Å². The van der Waals surface area contributed by atoms with Gasteiger partial charge in [0.2, 0.25) is 0 Å². The number of anilines is 1. The fourth-order valence-electron chi connectivity index (χ4n) is 4.12. The Morgan fingerprint density at radius 2 is 1.65 bits per heavy atom. The largest absolute Gasteiger partial charge is 0.488 e. The number of hydrogen-bond acceptors (Lipinski definition) is 5. The Morgan fingerprint density at radius 1 is 0.912 bits per heavy atom. The van der Waals surface area contributed by atoms with E-state index < -0.39 is 0 Å². The molecule has 0 aromatic heterocycles. The number of rotatable bonds is 5. The zero-order valence-corrected chi connectivity index (χ0v) is 20.0. The van der Waals surface area contributed by atoms with Crippen LogP contribution in [0.5, 0.6) is 5.75 Å². The molecule has 0 spiro atoms. The zero-order chi connectivity index (χ0) is 23.3. The Hall–Kier alpha value is -3.51. The van der Waals surface area contributed by atoms with Crippen molar-refractivity contribution in [1.29, 1.82) is 0 Å². The molecule has 3 aromatic rings. The number of para-hydroxylation sites is 1. The van der Waals surface area contributed by atoms with Crippen molar-refractivity contribution in [1.82, 2.24) is 4.90 Å². The highest BCUT2D eigenvalue weighted by molar-refractivity contribution is 8.18. The third-order valence-electron chi connectivity index (χ3n) is 5.97. The number of carbonyl (C=O) groups excluding carboxylic acids is 1. The number of nitrogens with zero attached hydrogens (tertiary/aromatic N) is 3. The fraction of sp³-hybridized carbons (Fsp3) is 0.214. The summed E-state index contributed by atoms with van der Waals surface area (Å²) in [7, 11) is 0. The zero-order valence-electron chi connectivity index (χ0n) is 19.2. The van der Waals surface area contributed by atoms with Crippen molar-refractivity contribution in [2.75, 3.05) is 31.1 Å². The summed E-state index contributed by atoms with van der Waals surface area (Å²) in [4.78, 5) is 22.3. The van der Waals surface area contributed by atoms with Gasteiger partial charge in [-0.05, 0) is 54.1 Å². The summed E-state index contributed by atoms with van der Waals surface area (Å²) in [5.41, 5.74) is 4.51. The van der Waals surface area contributed by atoms with Crippen LogP contribution >= 0.6 is 11.8 Å². The lowest BCUT2D eigenvalue weighted by Gasteiger charge is -2.36. The molecule has 2 heterocycles. The minimum atomic E-state index is -0.182. The average molecular weight is 470 g/mol. The highest BCUT2D eigenvalue weighted by Gasteiger charge is 2.28. The van der Waals surface area contributed by atoms with Crippen LogP contribution in [0.3, 0.4) is 0 Å². The van der Waals surface area contributed by atoms with Gasteiger partial charge in [-0.2, -0.15) is 4.99 Å². The van der Waals surface area contributed by atoms with Gasteiger partial charge in [-0.3, -0.25) is 4.79 Å². The maximum absolute atomic E-state index is 12.7. The Morgan fingerprint density at radius 3 is 2.44 bits per heavy atom. The molecule has 0 bridgehead atoms. The number of amidine groups is 1. The van der Waals surface area contributed by atoms with Gasteiger partial charge in [-0.25, -0.2) is 0 Å². The van der Waals surface area contributed by atoms with Gasteiger partial charge in [0.05, 0.1) is 4.91 Å². The van der Waals surface area contributed by atoms with Crippen LogP contribution in [0.4, 0.5) is 5.69 Å². The van der Waals surface area contributed by atoms with Crippen LogP contribution < -0.4 is 9.64 Å². The molecule has 3 aromatic carbocycles. The first kappa shape index (κ1) is 22.3. The molecule has 34 heavy (non-hydrogen) atoms. The summed E-state index contributed by atoms with van der Waals surface area (Å²) in [6.45, 7) is 6.11. The average Bonchev–Trinajstić information content (AvgIpc) is 3.24. The highest BCUT2D eigenvalue weighted by Crippen LogP contribution is 2.33. The topological polar surface area (TPSA) is 45.1 Å². The Balaban J connectivity index is 1.23. The van der Waals surface area contributed by atoms with Crippen LogP contribution in [0.2, 0.25) is 0 Å². The van der Waals surface area contributed by atoms with Crippen molar-refractivity contribution in [2.24, 2.45) is 4.99 Å². The molecule has 0 atom stereocenters. The monoisotopic (exact) mass is 469 g/mol. The number of benzene rings is 3. The van der Waals surface area contributed by atoms with E-state index in [1.165, 1.54) is 23.0 Å². The van der Waals surface area contributed by atoms with Gasteiger partial charge in [-0.1, -0.05) is 60.7 Å². The Bertz CT molecular complexity index is 1230. The molecule has 1 saturated heterocycles. The second-order valence-corrected chi connectivity index (χ2v) is 9.44. The highest BCUT2D eigenvalue weighted by atomic mass is 32.2. The quantitative estimate of drug-likeness (QED) is 0.471. The fourth-order valence-corrected chi connectivity index (χ4v) is 5.08. The molecular formula is C28H27N3O2S. The van der Waals surface area contributed by atoms with Crippen LogP contribution in [0.1, 0.15) is 16.7 Å². The number of ether oxygens (including phenoxy) is 1. The lowest BCUT2D eigenvalue weighted by atomic mass is 10.2. The molecule has 0 aliphatic carbocycles.